The molecule has 0 amide bonds. The van der Waals surface area contributed by atoms with Gasteiger partial charge in [0.2, 0.25) is 5.89 Å². The summed E-state index contributed by atoms with van der Waals surface area (Å²) in [6.07, 6.45) is 0.464. The molecule has 0 unspecified atom stereocenters. The highest BCUT2D eigenvalue weighted by atomic mass is 32.2. The lowest BCUT2D eigenvalue weighted by Gasteiger charge is -2.00. The Labute approximate surface area is 111 Å². The second kappa shape index (κ2) is 5.58. The molecule has 104 valence electrons. The van der Waals surface area contributed by atoms with Crippen molar-refractivity contribution in [1.29, 1.82) is 0 Å². The molecule has 0 aliphatic heterocycles. The van der Waals surface area contributed by atoms with Gasteiger partial charge < -0.3 is 14.9 Å². The third-order valence-electron chi connectivity index (χ3n) is 2.60. The number of hydrogen-bond acceptors (Lipinski definition) is 6. The summed E-state index contributed by atoms with van der Waals surface area (Å²) in [5.41, 5.74) is 7.30. The zero-order chi connectivity index (χ0) is 13.9. The zero-order valence-electron chi connectivity index (χ0n) is 10.6. The number of hydrogen-bond donors (Lipinski definition) is 1. The first kappa shape index (κ1) is 13.8. The molecule has 1 aromatic heterocycles. The molecule has 0 spiro atoms. The van der Waals surface area contributed by atoms with Gasteiger partial charge in [-0.25, -0.2) is 13.4 Å². The predicted octanol–water partition coefficient (Wildman–Crippen LogP) is 1.36. The van der Waals surface area contributed by atoms with Crippen LogP contribution < -0.4 is 5.73 Å². The van der Waals surface area contributed by atoms with Crippen LogP contribution in [0.5, 0.6) is 0 Å². The molecule has 0 saturated heterocycles. The van der Waals surface area contributed by atoms with E-state index in [1.54, 1.807) is 18.2 Å². The van der Waals surface area contributed by atoms with Gasteiger partial charge in [-0.05, 0) is 24.6 Å². The van der Waals surface area contributed by atoms with Crippen molar-refractivity contribution in [2.24, 2.45) is 0 Å². The fourth-order valence-electron chi connectivity index (χ4n) is 1.74. The Balaban J connectivity index is 2.12. The first-order chi connectivity index (χ1) is 9.00. The zero-order valence-corrected chi connectivity index (χ0v) is 11.4. The lowest BCUT2D eigenvalue weighted by Crippen LogP contribution is -2.11. The van der Waals surface area contributed by atoms with Gasteiger partial charge in [-0.1, -0.05) is 0 Å². The SMILES string of the molecule is COCCCS(=O)(=O)Cc1nc2cc(N)ccc2o1. The van der Waals surface area contributed by atoms with Gasteiger partial charge in [0.15, 0.2) is 15.4 Å². The number of fused-ring (bicyclic) bond motifs is 1. The number of aromatic nitrogens is 1. The molecule has 19 heavy (non-hydrogen) atoms. The van der Waals surface area contributed by atoms with Crippen LogP contribution in [0, 0.1) is 0 Å². The number of nitrogen functional groups attached to an aromatic ring is 1. The predicted molar refractivity (Wildman–Crippen MR) is 72.4 cm³/mol. The Morgan fingerprint density at radius 3 is 2.95 bits per heavy atom. The third kappa shape index (κ3) is 3.68. The molecule has 2 N–H and O–H groups in total. The summed E-state index contributed by atoms with van der Waals surface area (Å²) in [6.45, 7) is 0.420. The number of nitrogens with two attached hydrogens (primary N) is 1. The fraction of sp³-hybridized carbons (Fsp3) is 0.417. The van der Waals surface area contributed by atoms with E-state index in [0.29, 0.717) is 29.8 Å². The van der Waals surface area contributed by atoms with Gasteiger partial charge in [0.25, 0.3) is 0 Å². The molecular weight excluding hydrogens is 268 g/mol. The maximum Gasteiger partial charge on any atom is 0.210 e. The van der Waals surface area contributed by atoms with E-state index in [4.69, 9.17) is 14.9 Å². The number of rotatable bonds is 6. The minimum Gasteiger partial charge on any atom is -0.440 e. The Hall–Kier alpha value is -1.60. The number of methoxy groups -OCH3 is 1. The Bertz CT molecular complexity index is 663. The van der Waals surface area contributed by atoms with Crippen LogP contribution >= 0.6 is 0 Å². The molecule has 6 nitrogen and oxygen atoms in total. The Morgan fingerprint density at radius 1 is 1.42 bits per heavy atom. The fourth-order valence-corrected chi connectivity index (χ4v) is 2.94. The van der Waals surface area contributed by atoms with Gasteiger partial charge >= 0.3 is 0 Å². The molecule has 0 fully saturated rings. The number of ether oxygens (including phenoxy) is 1. The van der Waals surface area contributed by atoms with Crippen LogP contribution in [-0.2, 0) is 20.3 Å². The number of anilines is 1. The molecule has 1 heterocycles. The molecular formula is C12H16N2O4S. The quantitative estimate of drug-likeness (QED) is 0.635. The van der Waals surface area contributed by atoms with E-state index in [0.717, 1.165) is 0 Å². The van der Waals surface area contributed by atoms with E-state index < -0.39 is 9.84 Å². The largest absolute Gasteiger partial charge is 0.440 e. The van der Waals surface area contributed by atoms with Crippen LogP contribution in [0.25, 0.3) is 11.1 Å². The van der Waals surface area contributed by atoms with Crippen molar-refractivity contribution in [3.63, 3.8) is 0 Å². The van der Waals surface area contributed by atoms with Crippen LogP contribution in [0.2, 0.25) is 0 Å². The van der Waals surface area contributed by atoms with Crippen LogP contribution in [0.4, 0.5) is 5.69 Å². The molecule has 0 aliphatic rings. The van der Waals surface area contributed by atoms with Gasteiger partial charge in [0.05, 0.1) is 5.75 Å². The average molecular weight is 284 g/mol. The van der Waals surface area contributed by atoms with Gasteiger partial charge in [0, 0.05) is 19.4 Å². The number of benzene rings is 1. The molecule has 0 saturated carbocycles. The van der Waals surface area contributed by atoms with Crippen LogP contribution in [0.1, 0.15) is 12.3 Å². The van der Waals surface area contributed by atoms with Crippen LogP contribution in [0.15, 0.2) is 22.6 Å². The van der Waals surface area contributed by atoms with E-state index >= 15 is 0 Å². The second-order valence-corrected chi connectivity index (χ2v) is 6.46. The highest BCUT2D eigenvalue weighted by Gasteiger charge is 2.16. The summed E-state index contributed by atoms with van der Waals surface area (Å²) >= 11 is 0. The molecule has 2 rings (SSSR count). The van der Waals surface area contributed by atoms with Crippen molar-refractivity contribution in [1.82, 2.24) is 4.98 Å². The average Bonchev–Trinajstić information content (AvgIpc) is 2.69. The summed E-state index contributed by atoms with van der Waals surface area (Å²) in [5.74, 6) is 0.0468. The number of nitrogens with zero attached hydrogens (tertiary/aromatic N) is 1. The topological polar surface area (TPSA) is 95.4 Å². The maximum absolute atomic E-state index is 11.8. The van der Waals surface area contributed by atoms with Crippen LogP contribution in [-0.4, -0.2) is 32.9 Å². The highest BCUT2D eigenvalue weighted by molar-refractivity contribution is 7.90. The Morgan fingerprint density at radius 2 is 2.21 bits per heavy atom. The van der Waals surface area contributed by atoms with Gasteiger partial charge in [0.1, 0.15) is 11.3 Å². The van der Waals surface area contributed by atoms with Crippen molar-refractivity contribution in [3.8, 4) is 0 Å². The van der Waals surface area contributed by atoms with Crippen molar-refractivity contribution >= 4 is 26.6 Å². The molecule has 0 atom stereocenters. The molecule has 0 radical (unpaired) electrons. The first-order valence-electron chi connectivity index (χ1n) is 5.84. The van der Waals surface area contributed by atoms with E-state index in [1.807, 2.05) is 0 Å². The normalized spacial score (nSPS) is 12.1. The van der Waals surface area contributed by atoms with Crippen molar-refractivity contribution in [3.05, 3.63) is 24.1 Å². The van der Waals surface area contributed by atoms with Gasteiger partial charge in [-0.3, -0.25) is 0 Å². The van der Waals surface area contributed by atoms with Crippen LogP contribution in [0.3, 0.4) is 0 Å². The lowest BCUT2D eigenvalue weighted by atomic mass is 10.3. The standard InChI is InChI=1S/C12H16N2O4S/c1-17-5-2-6-19(15,16)8-12-14-10-7-9(13)3-4-11(10)18-12/h3-4,7H,2,5-6,8,13H2,1H3. The Kier molecular flexibility index (Phi) is 4.06. The lowest BCUT2D eigenvalue weighted by molar-refractivity contribution is 0.199. The minimum atomic E-state index is -3.23. The summed E-state index contributed by atoms with van der Waals surface area (Å²) in [6, 6.07) is 5.02. The van der Waals surface area contributed by atoms with E-state index in [-0.39, 0.29) is 17.4 Å². The smallest absolute Gasteiger partial charge is 0.210 e. The molecule has 0 aliphatic carbocycles. The summed E-state index contributed by atoms with van der Waals surface area (Å²) in [4.78, 5) is 4.13. The monoisotopic (exact) mass is 284 g/mol. The minimum absolute atomic E-state index is 0.0572. The highest BCUT2D eigenvalue weighted by Crippen LogP contribution is 2.19. The number of oxazole rings is 1. The number of sulfone groups is 1. The first-order valence-corrected chi connectivity index (χ1v) is 7.66. The van der Waals surface area contributed by atoms with Gasteiger partial charge in [-0.15, -0.1) is 0 Å². The molecule has 0 bridgehead atoms. The van der Waals surface area contributed by atoms with E-state index in [9.17, 15) is 8.42 Å². The van der Waals surface area contributed by atoms with E-state index in [1.165, 1.54) is 7.11 Å². The van der Waals surface area contributed by atoms with Gasteiger partial charge in [-0.2, -0.15) is 0 Å². The van der Waals surface area contributed by atoms with Crippen molar-refractivity contribution in [2.75, 3.05) is 25.2 Å². The molecule has 1 aromatic carbocycles. The third-order valence-corrected chi connectivity index (χ3v) is 4.20. The summed E-state index contributed by atoms with van der Waals surface area (Å²) in [7, 11) is -1.69. The summed E-state index contributed by atoms with van der Waals surface area (Å²) < 4.78 is 33.9. The van der Waals surface area contributed by atoms with E-state index in [2.05, 4.69) is 4.98 Å². The second-order valence-electron chi connectivity index (χ2n) is 4.27. The van der Waals surface area contributed by atoms with Crippen molar-refractivity contribution in [2.45, 2.75) is 12.2 Å². The summed E-state index contributed by atoms with van der Waals surface area (Å²) in [5, 5.41) is 0. The van der Waals surface area contributed by atoms with Crippen molar-refractivity contribution < 1.29 is 17.6 Å². The molecule has 2 aromatic rings. The molecule has 7 heteroatoms. The maximum atomic E-state index is 11.8.